The maximum atomic E-state index is 12.8. The van der Waals surface area contributed by atoms with Gasteiger partial charge >= 0.3 is 5.97 Å². The molecule has 1 aliphatic rings. The van der Waals surface area contributed by atoms with Crippen molar-refractivity contribution in [1.82, 2.24) is 14.7 Å². The van der Waals surface area contributed by atoms with E-state index in [1.54, 1.807) is 17.0 Å². The van der Waals surface area contributed by atoms with E-state index in [-0.39, 0.29) is 16.6 Å². The molecule has 1 N–H and O–H groups in total. The highest BCUT2D eigenvalue weighted by molar-refractivity contribution is 8.26. The zero-order valence-electron chi connectivity index (χ0n) is 14.2. The summed E-state index contributed by atoms with van der Waals surface area (Å²) in [6.07, 6.45) is 3.57. The summed E-state index contributed by atoms with van der Waals surface area (Å²) in [5, 5.41) is 13.8. The molecular weight excluding hydrogens is 370 g/mol. The zero-order valence-corrected chi connectivity index (χ0v) is 15.9. The van der Waals surface area contributed by atoms with Crippen LogP contribution in [-0.2, 0) is 23.1 Å². The largest absolute Gasteiger partial charge is 0.480 e. The van der Waals surface area contributed by atoms with Gasteiger partial charge in [0.1, 0.15) is 10.4 Å². The molecule has 0 bridgehead atoms. The molecule has 1 aromatic carbocycles. The number of rotatable bonds is 5. The van der Waals surface area contributed by atoms with Crippen molar-refractivity contribution >= 4 is 46.3 Å². The Kier molecular flexibility index (Phi) is 5.24. The first-order chi connectivity index (χ1) is 12.4. The average molecular weight is 387 g/mol. The minimum atomic E-state index is -1.08. The predicted octanol–water partition coefficient (Wildman–Crippen LogP) is 2.63. The number of aromatic nitrogens is 2. The smallest absolute Gasteiger partial charge is 0.327 e. The summed E-state index contributed by atoms with van der Waals surface area (Å²) in [5.74, 6) is -1.46. The number of thioether (sulfide) groups is 1. The first kappa shape index (κ1) is 18.3. The fourth-order valence-electron chi connectivity index (χ4n) is 2.67. The second kappa shape index (κ2) is 7.43. The molecule has 3 rings (SSSR count). The zero-order chi connectivity index (χ0) is 18.8. The van der Waals surface area contributed by atoms with E-state index in [9.17, 15) is 14.7 Å². The van der Waals surface area contributed by atoms with E-state index in [1.807, 2.05) is 44.3 Å². The highest BCUT2D eigenvalue weighted by Gasteiger charge is 2.40. The molecule has 134 valence electrons. The number of amides is 1. The average Bonchev–Trinajstić information content (AvgIpc) is 3.07. The van der Waals surface area contributed by atoms with Gasteiger partial charge in [0.2, 0.25) is 0 Å². The van der Waals surface area contributed by atoms with Gasteiger partial charge in [-0.15, -0.1) is 0 Å². The number of nitrogens with zero attached hydrogens (tertiary/aromatic N) is 3. The van der Waals surface area contributed by atoms with Crippen LogP contribution in [0.25, 0.3) is 6.08 Å². The van der Waals surface area contributed by atoms with Crippen LogP contribution in [0.4, 0.5) is 0 Å². The molecule has 1 atom stereocenters. The van der Waals surface area contributed by atoms with Crippen LogP contribution >= 0.6 is 24.0 Å². The first-order valence-electron chi connectivity index (χ1n) is 7.91. The molecule has 0 aliphatic carbocycles. The minimum Gasteiger partial charge on any atom is -0.480 e. The summed E-state index contributed by atoms with van der Waals surface area (Å²) >= 11 is 6.42. The van der Waals surface area contributed by atoms with Crippen molar-refractivity contribution < 1.29 is 14.7 Å². The van der Waals surface area contributed by atoms with Crippen molar-refractivity contribution in [3.63, 3.8) is 0 Å². The highest BCUT2D eigenvalue weighted by Crippen LogP contribution is 2.35. The third-order valence-corrected chi connectivity index (χ3v) is 5.58. The van der Waals surface area contributed by atoms with E-state index in [0.29, 0.717) is 4.91 Å². The molecule has 2 heterocycles. The van der Waals surface area contributed by atoms with E-state index < -0.39 is 12.0 Å². The van der Waals surface area contributed by atoms with Crippen molar-refractivity contribution in [2.45, 2.75) is 19.4 Å². The van der Waals surface area contributed by atoms with Crippen molar-refractivity contribution in [3.05, 3.63) is 58.3 Å². The molecule has 0 radical (unpaired) electrons. The van der Waals surface area contributed by atoms with Crippen molar-refractivity contribution in [2.75, 3.05) is 0 Å². The molecular formula is C18H17N3O3S2. The second-order valence-corrected chi connectivity index (χ2v) is 7.58. The number of aryl methyl sites for hydroxylation is 1. The van der Waals surface area contributed by atoms with Crippen LogP contribution in [0.5, 0.6) is 0 Å². The van der Waals surface area contributed by atoms with Crippen molar-refractivity contribution in [3.8, 4) is 0 Å². The Morgan fingerprint density at radius 1 is 1.38 bits per heavy atom. The van der Waals surface area contributed by atoms with Crippen LogP contribution in [0.2, 0.25) is 0 Å². The second-order valence-electron chi connectivity index (χ2n) is 5.90. The molecule has 1 fully saturated rings. The Bertz CT molecular complexity index is 906. The fraction of sp³-hybridized carbons (Fsp3) is 0.222. The van der Waals surface area contributed by atoms with Gasteiger partial charge in [0.05, 0.1) is 11.1 Å². The number of carbonyl (C=O) groups excluding carboxylic acids is 1. The lowest BCUT2D eigenvalue weighted by Gasteiger charge is -2.23. The SMILES string of the molecule is Cc1c(/C=C2\SC(=S)N(C(Cc3ccccc3)C(=O)O)C2=O)cnn1C. The summed E-state index contributed by atoms with van der Waals surface area (Å²) < 4.78 is 1.97. The third kappa shape index (κ3) is 3.56. The van der Waals surface area contributed by atoms with Crippen molar-refractivity contribution in [1.29, 1.82) is 0 Å². The van der Waals surface area contributed by atoms with Crippen LogP contribution < -0.4 is 0 Å². The van der Waals surface area contributed by atoms with Gasteiger partial charge in [-0.1, -0.05) is 54.3 Å². The van der Waals surface area contributed by atoms with E-state index >= 15 is 0 Å². The molecule has 1 aromatic heterocycles. The summed E-state index contributed by atoms with van der Waals surface area (Å²) in [6, 6.07) is 8.17. The Morgan fingerprint density at radius 2 is 2.08 bits per heavy atom. The first-order valence-corrected chi connectivity index (χ1v) is 9.13. The quantitative estimate of drug-likeness (QED) is 0.628. The molecule has 0 spiro atoms. The van der Waals surface area contributed by atoms with Gasteiger partial charge in [0.25, 0.3) is 5.91 Å². The summed E-state index contributed by atoms with van der Waals surface area (Å²) in [4.78, 5) is 26.3. The van der Waals surface area contributed by atoms with Gasteiger partial charge in [0.15, 0.2) is 0 Å². The maximum Gasteiger partial charge on any atom is 0.327 e. The predicted molar refractivity (Wildman–Crippen MR) is 105 cm³/mol. The standard InChI is InChI=1S/C18H17N3O3S2/c1-11-13(10-19-20(11)2)9-15-16(22)21(18(25)26-15)14(17(23)24)8-12-6-4-3-5-7-12/h3-7,9-10,14H,8H2,1-2H3,(H,23,24)/b15-9-. The van der Waals surface area contributed by atoms with Crippen LogP contribution in [-0.4, -0.2) is 42.0 Å². The van der Waals surface area contributed by atoms with E-state index in [2.05, 4.69) is 5.10 Å². The summed E-state index contributed by atoms with van der Waals surface area (Å²) in [7, 11) is 1.82. The normalized spacial score (nSPS) is 17.2. The number of thiocarbonyl (C=S) groups is 1. The number of hydrogen-bond acceptors (Lipinski definition) is 5. The topological polar surface area (TPSA) is 75.4 Å². The van der Waals surface area contributed by atoms with Gasteiger partial charge < -0.3 is 5.11 Å². The van der Waals surface area contributed by atoms with Crippen LogP contribution in [0, 0.1) is 6.92 Å². The lowest BCUT2D eigenvalue weighted by atomic mass is 10.0. The number of carbonyl (C=O) groups is 2. The Morgan fingerprint density at radius 3 is 2.65 bits per heavy atom. The summed E-state index contributed by atoms with van der Waals surface area (Å²) in [5.41, 5.74) is 2.55. The van der Waals surface area contributed by atoms with Gasteiger partial charge in [-0.25, -0.2) is 4.79 Å². The molecule has 26 heavy (non-hydrogen) atoms. The highest BCUT2D eigenvalue weighted by atomic mass is 32.2. The van der Waals surface area contributed by atoms with E-state index in [0.717, 1.165) is 28.6 Å². The van der Waals surface area contributed by atoms with Crippen LogP contribution in [0.15, 0.2) is 41.4 Å². The van der Waals surface area contributed by atoms with Gasteiger partial charge in [-0.05, 0) is 18.6 Å². The van der Waals surface area contributed by atoms with E-state index in [4.69, 9.17) is 12.2 Å². The molecule has 1 aliphatic heterocycles. The molecule has 1 saturated heterocycles. The van der Waals surface area contributed by atoms with Crippen LogP contribution in [0.3, 0.4) is 0 Å². The molecule has 1 amide bonds. The van der Waals surface area contributed by atoms with Gasteiger partial charge in [-0.3, -0.25) is 14.4 Å². The van der Waals surface area contributed by atoms with Crippen LogP contribution in [0.1, 0.15) is 16.8 Å². The lowest BCUT2D eigenvalue weighted by molar-refractivity contribution is -0.145. The molecule has 0 saturated carbocycles. The third-order valence-electron chi connectivity index (χ3n) is 4.25. The van der Waals surface area contributed by atoms with E-state index in [1.165, 1.54) is 4.90 Å². The van der Waals surface area contributed by atoms with Gasteiger partial charge in [-0.2, -0.15) is 5.10 Å². The summed E-state index contributed by atoms with van der Waals surface area (Å²) in [6.45, 7) is 1.90. The number of carboxylic acids is 1. The Labute approximate surface area is 160 Å². The Balaban J connectivity index is 1.89. The molecule has 1 unspecified atom stereocenters. The molecule has 2 aromatic rings. The molecule has 8 heteroatoms. The fourth-order valence-corrected chi connectivity index (χ4v) is 4.02. The Hall–Kier alpha value is -2.45. The number of hydrogen-bond donors (Lipinski definition) is 1. The number of carboxylic acid groups (broad SMARTS) is 1. The van der Waals surface area contributed by atoms with Gasteiger partial charge in [0, 0.05) is 24.7 Å². The van der Waals surface area contributed by atoms with Crippen molar-refractivity contribution in [2.24, 2.45) is 7.05 Å². The molecule has 6 nitrogen and oxygen atoms in total. The lowest BCUT2D eigenvalue weighted by Crippen LogP contribution is -2.45. The minimum absolute atomic E-state index is 0.196. The number of aliphatic carboxylic acids is 1. The number of benzene rings is 1. The maximum absolute atomic E-state index is 12.8. The monoisotopic (exact) mass is 387 g/mol.